The van der Waals surface area contributed by atoms with Crippen LogP contribution in [-0.4, -0.2) is 19.1 Å². The third-order valence-electron chi connectivity index (χ3n) is 2.59. The van der Waals surface area contributed by atoms with Gasteiger partial charge in [0.25, 0.3) is 0 Å². The SMILES string of the molecule is Clc1ccc(NCCC2CCN2)cc1. The van der Waals surface area contributed by atoms with Gasteiger partial charge < -0.3 is 10.6 Å². The molecule has 1 saturated heterocycles. The van der Waals surface area contributed by atoms with Crippen molar-refractivity contribution in [1.82, 2.24) is 5.32 Å². The van der Waals surface area contributed by atoms with E-state index in [2.05, 4.69) is 10.6 Å². The van der Waals surface area contributed by atoms with Crippen LogP contribution in [0.5, 0.6) is 0 Å². The predicted octanol–water partition coefficient (Wildman–Crippen LogP) is 2.50. The fourth-order valence-electron chi connectivity index (χ4n) is 1.55. The second-order valence-electron chi connectivity index (χ2n) is 3.66. The number of hydrogen-bond donors (Lipinski definition) is 2. The summed E-state index contributed by atoms with van der Waals surface area (Å²) in [6.45, 7) is 2.21. The Labute approximate surface area is 89.7 Å². The number of halogens is 1. The van der Waals surface area contributed by atoms with E-state index in [0.717, 1.165) is 23.3 Å². The number of rotatable bonds is 4. The van der Waals surface area contributed by atoms with Crippen molar-refractivity contribution in [3.63, 3.8) is 0 Å². The van der Waals surface area contributed by atoms with E-state index in [-0.39, 0.29) is 0 Å². The van der Waals surface area contributed by atoms with Crippen molar-refractivity contribution in [2.45, 2.75) is 18.9 Å². The highest BCUT2D eigenvalue weighted by atomic mass is 35.5. The molecule has 0 spiro atoms. The quantitative estimate of drug-likeness (QED) is 0.798. The zero-order chi connectivity index (χ0) is 9.80. The highest BCUT2D eigenvalue weighted by Crippen LogP contribution is 2.14. The number of hydrogen-bond acceptors (Lipinski definition) is 2. The van der Waals surface area contributed by atoms with E-state index in [9.17, 15) is 0 Å². The van der Waals surface area contributed by atoms with Gasteiger partial charge in [-0.1, -0.05) is 11.6 Å². The summed E-state index contributed by atoms with van der Waals surface area (Å²) < 4.78 is 0. The molecule has 2 rings (SSSR count). The molecule has 1 fully saturated rings. The van der Waals surface area contributed by atoms with Gasteiger partial charge in [0.15, 0.2) is 0 Å². The molecule has 2 nitrogen and oxygen atoms in total. The lowest BCUT2D eigenvalue weighted by Crippen LogP contribution is -2.43. The Kier molecular flexibility index (Phi) is 3.27. The lowest BCUT2D eigenvalue weighted by Gasteiger charge is -2.27. The average molecular weight is 211 g/mol. The fraction of sp³-hybridized carbons (Fsp3) is 0.455. The zero-order valence-corrected chi connectivity index (χ0v) is 8.85. The number of nitrogens with one attached hydrogen (secondary N) is 2. The summed E-state index contributed by atoms with van der Waals surface area (Å²) in [6, 6.07) is 8.57. The summed E-state index contributed by atoms with van der Waals surface area (Å²) in [5.74, 6) is 0. The van der Waals surface area contributed by atoms with Crippen molar-refractivity contribution in [3.05, 3.63) is 29.3 Å². The van der Waals surface area contributed by atoms with Gasteiger partial charge in [0, 0.05) is 23.3 Å². The summed E-state index contributed by atoms with van der Waals surface area (Å²) in [5, 5.41) is 7.54. The molecule has 1 aliphatic rings. The van der Waals surface area contributed by atoms with E-state index in [4.69, 9.17) is 11.6 Å². The first-order chi connectivity index (χ1) is 6.84. The van der Waals surface area contributed by atoms with Crippen molar-refractivity contribution in [2.75, 3.05) is 18.4 Å². The summed E-state index contributed by atoms with van der Waals surface area (Å²) in [6.07, 6.45) is 2.52. The van der Waals surface area contributed by atoms with Crippen molar-refractivity contribution < 1.29 is 0 Å². The first-order valence-electron chi connectivity index (χ1n) is 5.07. The molecule has 76 valence electrons. The molecule has 2 N–H and O–H groups in total. The third-order valence-corrected chi connectivity index (χ3v) is 2.84. The van der Waals surface area contributed by atoms with Crippen LogP contribution in [0, 0.1) is 0 Å². The van der Waals surface area contributed by atoms with Crippen LogP contribution in [0.3, 0.4) is 0 Å². The van der Waals surface area contributed by atoms with Gasteiger partial charge in [-0.05, 0) is 43.7 Å². The molecule has 14 heavy (non-hydrogen) atoms. The molecule has 0 bridgehead atoms. The molecule has 0 saturated carbocycles. The molecule has 1 heterocycles. The maximum atomic E-state index is 5.79. The van der Waals surface area contributed by atoms with Crippen LogP contribution in [0.15, 0.2) is 24.3 Å². The minimum absolute atomic E-state index is 0.731. The Hall–Kier alpha value is -0.730. The molecule has 0 aromatic heterocycles. The van der Waals surface area contributed by atoms with Gasteiger partial charge in [0.2, 0.25) is 0 Å². The lowest BCUT2D eigenvalue weighted by molar-refractivity contribution is 0.358. The van der Waals surface area contributed by atoms with E-state index >= 15 is 0 Å². The topological polar surface area (TPSA) is 24.1 Å². The smallest absolute Gasteiger partial charge is 0.0407 e. The normalized spacial score (nSPS) is 20.2. The van der Waals surface area contributed by atoms with Gasteiger partial charge in [-0.15, -0.1) is 0 Å². The highest BCUT2D eigenvalue weighted by molar-refractivity contribution is 6.30. The molecule has 1 atom stereocenters. The summed E-state index contributed by atoms with van der Waals surface area (Å²) in [5.41, 5.74) is 1.15. The molecule has 0 aliphatic carbocycles. The second kappa shape index (κ2) is 4.67. The molecule has 0 amide bonds. The Bertz CT molecular complexity index is 280. The lowest BCUT2D eigenvalue weighted by atomic mass is 10.0. The third kappa shape index (κ3) is 2.63. The maximum absolute atomic E-state index is 5.79. The van der Waals surface area contributed by atoms with Crippen molar-refractivity contribution in [2.24, 2.45) is 0 Å². The fourth-order valence-corrected chi connectivity index (χ4v) is 1.68. The van der Waals surface area contributed by atoms with Crippen LogP contribution >= 0.6 is 11.6 Å². The summed E-state index contributed by atoms with van der Waals surface area (Å²) in [7, 11) is 0. The minimum atomic E-state index is 0.731. The van der Waals surface area contributed by atoms with Gasteiger partial charge in [0.05, 0.1) is 0 Å². The molecule has 1 aromatic carbocycles. The van der Waals surface area contributed by atoms with Crippen LogP contribution < -0.4 is 10.6 Å². The van der Waals surface area contributed by atoms with Crippen LogP contribution in [0.4, 0.5) is 5.69 Å². The highest BCUT2D eigenvalue weighted by Gasteiger charge is 2.14. The van der Waals surface area contributed by atoms with E-state index < -0.39 is 0 Å². The van der Waals surface area contributed by atoms with Crippen molar-refractivity contribution in [3.8, 4) is 0 Å². The summed E-state index contributed by atoms with van der Waals surface area (Å²) >= 11 is 5.79. The Morgan fingerprint density at radius 2 is 2.07 bits per heavy atom. The predicted molar refractivity (Wildman–Crippen MR) is 61.0 cm³/mol. The van der Waals surface area contributed by atoms with Crippen molar-refractivity contribution >= 4 is 17.3 Å². The van der Waals surface area contributed by atoms with E-state index in [1.165, 1.54) is 19.4 Å². The largest absolute Gasteiger partial charge is 0.385 e. The molecular formula is C11H15ClN2. The Morgan fingerprint density at radius 3 is 2.64 bits per heavy atom. The van der Waals surface area contributed by atoms with E-state index in [1.54, 1.807) is 0 Å². The van der Waals surface area contributed by atoms with Crippen LogP contribution in [0.25, 0.3) is 0 Å². The summed E-state index contributed by atoms with van der Waals surface area (Å²) in [4.78, 5) is 0. The van der Waals surface area contributed by atoms with E-state index in [0.29, 0.717) is 0 Å². The molecule has 1 aromatic rings. The number of benzene rings is 1. The number of anilines is 1. The van der Waals surface area contributed by atoms with Crippen molar-refractivity contribution in [1.29, 1.82) is 0 Å². The van der Waals surface area contributed by atoms with Crippen LogP contribution in [0.2, 0.25) is 5.02 Å². The Balaban J connectivity index is 1.71. The van der Waals surface area contributed by atoms with Gasteiger partial charge >= 0.3 is 0 Å². The zero-order valence-electron chi connectivity index (χ0n) is 8.09. The maximum Gasteiger partial charge on any atom is 0.0407 e. The average Bonchev–Trinajstić information content (AvgIpc) is 2.12. The molecular weight excluding hydrogens is 196 g/mol. The molecule has 0 radical (unpaired) electrons. The van der Waals surface area contributed by atoms with Gasteiger partial charge in [-0.2, -0.15) is 0 Å². The molecule has 1 unspecified atom stereocenters. The van der Waals surface area contributed by atoms with Gasteiger partial charge in [0.1, 0.15) is 0 Å². The monoisotopic (exact) mass is 210 g/mol. The second-order valence-corrected chi connectivity index (χ2v) is 4.10. The molecule has 1 aliphatic heterocycles. The van der Waals surface area contributed by atoms with Gasteiger partial charge in [-0.3, -0.25) is 0 Å². The van der Waals surface area contributed by atoms with Gasteiger partial charge in [-0.25, -0.2) is 0 Å². The first-order valence-corrected chi connectivity index (χ1v) is 5.45. The van der Waals surface area contributed by atoms with Crippen LogP contribution in [-0.2, 0) is 0 Å². The standard InChI is InChI=1S/C11H15ClN2/c12-9-1-3-10(4-2-9)13-7-5-11-6-8-14-11/h1-4,11,13-14H,5-8H2. The Morgan fingerprint density at radius 1 is 1.36 bits per heavy atom. The van der Waals surface area contributed by atoms with E-state index in [1.807, 2.05) is 24.3 Å². The molecule has 3 heteroatoms. The first kappa shape index (κ1) is 9.81. The minimum Gasteiger partial charge on any atom is -0.385 e. The van der Waals surface area contributed by atoms with Crippen LogP contribution in [0.1, 0.15) is 12.8 Å².